The number of aromatic nitrogens is 2. The van der Waals surface area contributed by atoms with Gasteiger partial charge in [-0.05, 0) is 59.1 Å². The molecule has 0 bridgehead atoms. The van der Waals surface area contributed by atoms with Gasteiger partial charge in [-0.25, -0.2) is 4.79 Å². The van der Waals surface area contributed by atoms with Crippen LogP contribution in [-0.2, 0) is 4.74 Å². The van der Waals surface area contributed by atoms with Crippen LogP contribution in [0.4, 0.5) is 10.6 Å². The summed E-state index contributed by atoms with van der Waals surface area (Å²) >= 11 is 0. The Morgan fingerprint density at radius 2 is 2.14 bits per heavy atom. The molecule has 1 unspecified atom stereocenters. The lowest BCUT2D eigenvalue weighted by Gasteiger charge is -2.36. The Kier molecular flexibility index (Phi) is 5.21. The number of piperidine rings is 1. The Bertz CT molecular complexity index is 496. The molecule has 1 fully saturated rings. The van der Waals surface area contributed by atoms with Crippen LogP contribution in [0.5, 0.6) is 0 Å². The van der Waals surface area contributed by atoms with E-state index in [1.54, 1.807) is 0 Å². The number of rotatable bonds is 3. The van der Waals surface area contributed by atoms with E-state index in [2.05, 4.69) is 15.5 Å². The fraction of sp³-hybridized carbons (Fsp3) is 0.688. The van der Waals surface area contributed by atoms with Gasteiger partial charge in [-0.3, -0.25) is 0 Å². The largest absolute Gasteiger partial charge is 0.444 e. The first kappa shape index (κ1) is 16.5. The van der Waals surface area contributed by atoms with Crippen molar-refractivity contribution in [1.82, 2.24) is 15.1 Å². The van der Waals surface area contributed by atoms with Gasteiger partial charge in [-0.2, -0.15) is 5.10 Å². The number of amides is 1. The van der Waals surface area contributed by atoms with Gasteiger partial charge < -0.3 is 15.0 Å². The van der Waals surface area contributed by atoms with Crippen LogP contribution in [0.3, 0.4) is 0 Å². The molecular weight excluding hydrogens is 280 g/mol. The first-order valence-corrected chi connectivity index (χ1v) is 7.89. The number of aryl methyl sites for hydroxylation is 1. The van der Waals surface area contributed by atoms with Crippen molar-refractivity contribution in [3.63, 3.8) is 0 Å². The molecule has 0 radical (unpaired) electrons. The van der Waals surface area contributed by atoms with E-state index >= 15 is 0 Å². The van der Waals surface area contributed by atoms with E-state index in [4.69, 9.17) is 4.74 Å². The van der Waals surface area contributed by atoms with Crippen LogP contribution < -0.4 is 5.32 Å². The molecule has 1 saturated heterocycles. The number of nitrogens with zero attached hydrogens (tertiary/aromatic N) is 3. The van der Waals surface area contributed by atoms with E-state index in [9.17, 15) is 4.79 Å². The molecular formula is C16H26N4O2. The molecule has 1 amide bonds. The van der Waals surface area contributed by atoms with E-state index in [1.807, 2.05) is 44.7 Å². The first-order valence-electron chi connectivity index (χ1n) is 7.89. The summed E-state index contributed by atoms with van der Waals surface area (Å²) in [6, 6.07) is 3.96. The van der Waals surface area contributed by atoms with Crippen molar-refractivity contribution in [3.8, 4) is 0 Å². The van der Waals surface area contributed by atoms with Gasteiger partial charge in [0.15, 0.2) is 0 Å². The summed E-state index contributed by atoms with van der Waals surface area (Å²) in [5.41, 5.74) is 0.424. The predicted octanol–water partition coefficient (Wildman–Crippen LogP) is 2.99. The van der Waals surface area contributed by atoms with Crippen LogP contribution in [0, 0.1) is 6.92 Å². The molecule has 1 N–H and O–H groups in total. The highest BCUT2D eigenvalue weighted by Crippen LogP contribution is 2.20. The topological polar surface area (TPSA) is 67.4 Å². The van der Waals surface area contributed by atoms with E-state index in [-0.39, 0.29) is 12.1 Å². The maximum absolute atomic E-state index is 12.3. The number of carbonyl (C=O) groups excluding carboxylic acids is 1. The summed E-state index contributed by atoms with van der Waals surface area (Å²) in [7, 11) is 0. The lowest BCUT2D eigenvalue weighted by Crippen LogP contribution is -2.48. The Morgan fingerprint density at radius 1 is 1.36 bits per heavy atom. The number of likely N-dealkylation sites (tertiary alicyclic amines) is 1. The van der Waals surface area contributed by atoms with Gasteiger partial charge in [-0.1, -0.05) is 0 Å². The first-order chi connectivity index (χ1) is 10.3. The summed E-state index contributed by atoms with van der Waals surface area (Å²) < 4.78 is 5.51. The molecule has 1 aliphatic heterocycles. The molecule has 0 spiro atoms. The molecule has 1 atom stereocenters. The molecule has 0 aromatic carbocycles. The number of ether oxygens (including phenoxy) is 1. The number of carbonyl (C=O) groups is 1. The smallest absolute Gasteiger partial charge is 0.410 e. The summed E-state index contributed by atoms with van der Waals surface area (Å²) in [6.07, 6.45) is 2.91. The third kappa shape index (κ3) is 4.86. The zero-order valence-corrected chi connectivity index (χ0v) is 13.9. The summed E-state index contributed by atoms with van der Waals surface area (Å²) in [4.78, 5) is 14.2. The second-order valence-electron chi connectivity index (χ2n) is 6.76. The molecule has 22 heavy (non-hydrogen) atoms. The normalized spacial score (nSPS) is 18.9. The molecule has 1 aliphatic rings. The van der Waals surface area contributed by atoms with Crippen molar-refractivity contribution in [2.75, 3.05) is 18.4 Å². The van der Waals surface area contributed by atoms with Gasteiger partial charge >= 0.3 is 6.09 Å². The minimum atomic E-state index is -0.463. The van der Waals surface area contributed by atoms with Crippen molar-refractivity contribution in [2.24, 2.45) is 0 Å². The van der Waals surface area contributed by atoms with Crippen LogP contribution in [0.2, 0.25) is 0 Å². The average Bonchev–Trinajstić information content (AvgIpc) is 2.45. The summed E-state index contributed by atoms with van der Waals surface area (Å²) in [6.45, 7) is 9.00. The van der Waals surface area contributed by atoms with Gasteiger partial charge in [0.1, 0.15) is 11.4 Å². The third-order valence-corrected chi connectivity index (χ3v) is 3.57. The summed E-state index contributed by atoms with van der Waals surface area (Å²) in [5.74, 6) is 0.736. The Labute approximate surface area is 132 Å². The van der Waals surface area contributed by atoms with Crippen LogP contribution in [0.15, 0.2) is 12.1 Å². The maximum atomic E-state index is 12.3. The molecule has 2 heterocycles. The van der Waals surface area contributed by atoms with Crippen molar-refractivity contribution in [2.45, 2.75) is 58.6 Å². The van der Waals surface area contributed by atoms with Crippen molar-refractivity contribution in [1.29, 1.82) is 0 Å². The van der Waals surface area contributed by atoms with Gasteiger partial charge in [0.25, 0.3) is 0 Å². The lowest BCUT2D eigenvalue weighted by atomic mass is 10.0. The molecule has 1 aromatic heterocycles. The van der Waals surface area contributed by atoms with E-state index in [1.165, 1.54) is 0 Å². The molecule has 6 heteroatoms. The zero-order valence-electron chi connectivity index (χ0n) is 13.9. The minimum absolute atomic E-state index is 0.131. The molecule has 1 aromatic rings. The zero-order chi connectivity index (χ0) is 16.2. The van der Waals surface area contributed by atoms with Gasteiger partial charge in [0.05, 0.1) is 11.7 Å². The molecule has 122 valence electrons. The second kappa shape index (κ2) is 6.94. The molecule has 2 rings (SSSR count). The average molecular weight is 306 g/mol. The SMILES string of the molecule is Cc1ccc(NCC2CCCCN2C(=O)OC(C)(C)C)nn1. The quantitative estimate of drug-likeness (QED) is 0.930. The Hall–Kier alpha value is -1.85. The number of hydrogen-bond acceptors (Lipinski definition) is 5. The fourth-order valence-corrected chi connectivity index (χ4v) is 2.49. The monoisotopic (exact) mass is 306 g/mol. The van der Waals surface area contributed by atoms with E-state index < -0.39 is 5.60 Å². The number of anilines is 1. The van der Waals surface area contributed by atoms with Crippen LogP contribution in [-0.4, -0.2) is 45.9 Å². The number of nitrogens with one attached hydrogen (secondary N) is 1. The molecule has 6 nitrogen and oxygen atoms in total. The van der Waals surface area contributed by atoms with Gasteiger partial charge in [0.2, 0.25) is 0 Å². The summed E-state index contributed by atoms with van der Waals surface area (Å²) in [5, 5.41) is 11.4. The van der Waals surface area contributed by atoms with Gasteiger partial charge in [0, 0.05) is 13.1 Å². The number of hydrogen-bond donors (Lipinski definition) is 1. The highest BCUT2D eigenvalue weighted by Gasteiger charge is 2.30. The predicted molar refractivity (Wildman–Crippen MR) is 85.8 cm³/mol. The minimum Gasteiger partial charge on any atom is -0.444 e. The van der Waals surface area contributed by atoms with Crippen LogP contribution in [0.1, 0.15) is 45.7 Å². The second-order valence-corrected chi connectivity index (χ2v) is 6.76. The Balaban J connectivity index is 1.94. The van der Waals surface area contributed by atoms with Crippen molar-refractivity contribution < 1.29 is 9.53 Å². The van der Waals surface area contributed by atoms with Crippen molar-refractivity contribution >= 4 is 11.9 Å². The third-order valence-electron chi connectivity index (χ3n) is 3.57. The van der Waals surface area contributed by atoms with Crippen molar-refractivity contribution in [3.05, 3.63) is 17.8 Å². The fourth-order valence-electron chi connectivity index (χ4n) is 2.49. The van der Waals surface area contributed by atoms with E-state index in [0.29, 0.717) is 6.54 Å². The molecule has 0 saturated carbocycles. The van der Waals surface area contributed by atoms with Crippen LogP contribution >= 0.6 is 0 Å². The molecule has 0 aliphatic carbocycles. The standard InChI is InChI=1S/C16H26N4O2/c1-12-8-9-14(19-18-12)17-11-13-7-5-6-10-20(13)15(21)22-16(2,3)4/h8-9,13H,5-7,10-11H2,1-4H3,(H,17,19). The Morgan fingerprint density at radius 3 is 2.77 bits per heavy atom. The van der Waals surface area contributed by atoms with Gasteiger partial charge in [-0.15, -0.1) is 5.10 Å². The van der Waals surface area contributed by atoms with Crippen LogP contribution in [0.25, 0.3) is 0 Å². The lowest BCUT2D eigenvalue weighted by molar-refractivity contribution is 0.0114. The van der Waals surface area contributed by atoms with E-state index in [0.717, 1.165) is 37.3 Å². The maximum Gasteiger partial charge on any atom is 0.410 e. The highest BCUT2D eigenvalue weighted by atomic mass is 16.6. The highest BCUT2D eigenvalue weighted by molar-refractivity contribution is 5.68.